The summed E-state index contributed by atoms with van der Waals surface area (Å²) in [7, 11) is -1.48. The molecule has 0 bridgehead atoms. The molecule has 0 aliphatic carbocycles. The third-order valence-electron chi connectivity index (χ3n) is 6.32. The molecule has 162 valence electrons. The molecule has 0 aliphatic heterocycles. The van der Waals surface area contributed by atoms with Crippen molar-refractivity contribution in [3.05, 3.63) is 115 Å². The van der Waals surface area contributed by atoms with Crippen LogP contribution in [0.25, 0.3) is 53.6 Å². The zero-order valence-corrected chi connectivity index (χ0v) is 19.2. The van der Waals surface area contributed by atoms with Gasteiger partial charge in [-0.15, -0.1) is 11.3 Å². The molecular formula is C30H21BO2S. The second-order valence-electron chi connectivity index (χ2n) is 8.38. The fourth-order valence-corrected chi connectivity index (χ4v) is 6.08. The van der Waals surface area contributed by atoms with E-state index in [-0.39, 0.29) is 0 Å². The molecule has 0 unspecified atom stereocenters. The van der Waals surface area contributed by atoms with E-state index >= 15 is 0 Å². The van der Waals surface area contributed by atoms with Crippen molar-refractivity contribution in [3.8, 4) is 33.4 Å². The van der Waals surface area contributed by atoms with Gasteiger partial charge in [0.05, 0.1) is 0 Å². The molecule has 1 heterocycles. The van der Waals surface area contributed by atoms with Crippen LogP contribution in [0.4, 0.5) is 0 Å². The van der Waals surface area contributed by atoms with Gasteiger partial charge in [0, 0.05) is 25.7 Å². The lowest BCUT2D eigenvalue weighted by molar-refractivity contribution is 0.426. The van der Waals surface area contributed by atoms with Crippen molar-refractivity contribution in [3.63, 3.8) is 0 Å². The van der Waals surface area contributed by atoms with E-state index in [0.717, 1.165) is 11.1 Å². The van der Waals surface area contributed by atoms with Crippen LogP contribution in [-0.2, 0) is 0 Å². The van der Waals surface area contributed by atoms with Crippen molar-refractivity contribution < 1.29 is 10.0 Å². The Morgan fingerprint density at radius 1 is 0.471 bits per heavy atom. The van der Waals surface area contributed by atoms with Gasteiger partial charge in [-0.3, -0.25) is 0 Å². The monoisotopic (exact) mass is 456 g/mol. The highest BCUT2D eigenvalue weighted by Crippen LogP contribution is 2.45. The molecule has 5 aromatic carbocycles. The van der Waals surface area contributed by atoms with Gasteiger partial charge in [-0.25, -0.2) is 0 Å². The second kappa shape index (κ2) is 8.58. The Bertz CT molecular complexity index is 1640. The number of benzene rings is 5. The summed E-state index contributed by atoms with van der Waals surface area (Å²) in [6, 6.07) is 39.5. The molecule has 0 fully saturated rings. The minimum Gasteiger partial charge on any atom is -0.423 e. The Balaban J connectivity index is 1.60. The topological polar surface area (TPSA) is 40.5 Å². The molecule has 2 N–H and O–H groups in total. The molecule has 0 atom stereocenters. The molecule has 34 heavy (non-hydrogen) atoms. The smallest absolute Gasteiger partial charge is 0.423 e. The lowest BCUT2D eigenvalue weighted by Gasteiger charge is -2.11. The molecular weight excluding hydrogens is 435 g/mol. The summed E-state index contributed by atoms with van der Waals surface area (Å²) in [5.74, 6) is 0. The van der Waals surface area contributed by atoms with E-state index in [1.807, 2.05) is 24.3 Å². The first-order chi connectivity index (χ1) is 16.7. The number of fused-ring (bicyclic) bond motifs is 3. The molecule has 0 spiro atoms. The highest BCUT2D eigenvalue weighted by molar-refractivity contribution is 7.26. The number of rotatable bonds is 4. The Hall–Kier alpha value is -3.70. The van der Waals surface area contributed by atoms with Crippen molar-refractivity contribution in [1.82, 2.24) is 0 Å². The van der Waals surface area contributed by atoms with Crippen LogP contribution in [0.5, 0.6) is 0 Å². The van der Waals surface area contributed by atoms with E-state index in [4.69, 9.17) is 0 Å². The Morgan fingerprint density at radius 3 is 1.76 bits per heavy atom. The third kappa shape index (κ3) is 3.53. The molecule has 2 nitrogen and oxygen atoms in total. The Labute approximate surface area is 202 Å². The molecule has 4 heteroatoms. The fraction of sp³-hybridized carbons (Fsp3) is 0. The fourth-order valence-electron chi connectivity index (χ4n) is 4.71. The number of hydrogen-bond acceptors (Lipinski definition) is 3. The van der Waals surface area contributed by atoms with Gasteiger partial charge in [0.15, 0.2) is 0 Å². The second-order valence-corrected chi connectivity index (χ2v) is 9.40. The molecule has 6 rings (SSSR count). The third-order valence-corrected chi connectivity index (χ3v) is 7.61. The lowest BCUT2D eigenvalue weighted by Crippen LogP contribution is -2.29. The van der Waals surface area contributed by atoms with Gasteiger partial charge in [-0.05, 0) is 33.3 Å². The van der Waals surface area contributed by atoms with Crippen LogP contribution < -0.4 is 5.46 Å². The van der Waals surface area contributed by atoms with Crippen molar-refractivity contribution in [1.29, 1.82) is 0 Å². The summed E-state index contributed by atoms with van der Waals surface area (Å²) < 4.78 is 2.46. The number of thiophene rings is 1. The van der Waals surface area contributed by atoms with Gasteiger partial charge in [-0.2, -0.15) is 0 Å². The summed E-state index contributed by atoms with van der Waals surface area (Å²) in [6.07, 6.45) is 0. The van der Waals surface area contributed by atoms with E-state index in [1.165, 1.54) is 42.4 Å². The van der Waals surface area contributed by atoms with Gasteiger partial charge in [0.25, 0.3) is 0 Å². The van der Waals surface area contributed by atoms with Gasteiger partial charge in [0.1, 0.15) is 0 Å². The quantitative estimate of drug-likeness (QED) is 0.289. The van der Waals surface area contributed by atoms with E-state index in [2.05, 4.69) is 84.9 Å². The minimum absolute atomic E-state index is 0.494. The van der Waals surface area contributed by atoms with Crippen LogP contribution in [0, 0.1) is 0 Å². The summed E-state index contributed by atoms with van der Waals surface area (Å²) in [6.45, 7) is 0. The first kappa shape index (κ1) is 20.9. The maximum atomic E-state index is 9.66. The van der Waals surface area contributed by atoms with Crippen LogP contribution in [0.1, 0.15) is 0 Å². The Morgan fingerprint density at radius 2 is 1.03 bits per heavy atom. The van der Waals surface area contributed by atoms with Gasteiger partial charge in [0.2, 0.25) is 0 Å². The summed E-state index contributed by atoms with van der Waals surface area (Å²) in [5.41, 5.74) is 7.45. The number of hydrogen-bond donors (Lipinski definition) is 2. The van der Waals surface area contributed by atoms with E-state index in [9.17, 15) is 10.0 Å². The summed E-state index contributed by atoms with van der Waals surface area (Å²) >= 11 is 1.80. The van der Waals surface area contributed by atoms with Crippen molar-refractivity contribution in [2.24, 2.45) is 0 Å². The SMILES string of the molecule is OB(O)c1cccc(-c2cccc3c2sc2c(-c4ccccc4-c4ccccc4)cccc23)c1. The minimum atomic E-state index is -1.48. The molecule has 0 saturated heterocycles. The van der Waals surface area contributed by atoms with Gasteiger partial charge < -0.3 is 10.0 Å². The molecule has 0 saturated carbocycles. The zero-order chi connectivity index (χ0) is 23.1. The van der Waals surface area contributed by atoms with Gasteiger partial charge in [-0.1, -0.05) is 115 Å². The highest BCUT2D eigenvalue weighted by atomic mass is 32.1. The normalized spacial score (nSPS) is 11.2. The van der Waals surface area contributed by atoms with Crippen LogP contribution >= 0.6 is 11.3 Å². The predicted molar refractivity (Wildman–Crippen MR) is 145 cm³/mol. The molecule has 0 amide bonds. The van der Waals surface area contributed by atoms with Crippen molar-refractivity contribution in [2.45, 2.75) is 0 Å². The standard InChI is InChI=1S/C30H21BO2S/c32-31(33)22-12-6-11-21(19-22)24-15-7-17-27-28-18-8-16-26(30(28)34-29(24)27)25-14-5-4-13-23(25)20-9-2-1-3-10-20/h1-19,32-33H. The van der Waals surface area contributed by atoms with Crippen LogP contribution in [0.3, 0.4) is 0 Å². The molecule has 0 radical (unpaired) electrons. The average molecular weight is 456 g/mol. The molecule has 6 aromatic rings. The van der Waals surface area contributed by atoms with Crippen LogP contribution in [-0.4, -0.2) is 17.2 Å². The van der Waals surface area contributed by atoms with Crippen LogP contribution in [0.2, 0.25) is 0 Å². The van der Waals surface area contributed by atoms with Gasteiger partial charge >= 0.3 is 7.12 Å². The van der Waals surface area contributed by atoms with Crippen molar-refractivity contribution in [2.75, 3.05) is 0 Å². The van der Waals surface area contributed by atoms with Crippen molar-refractivity contribution >= 4 is 44.1 Å². The summed E-state index contributed by atoms with van der Waals surface area (Å²) in [4.78, 5) is 0. The molecule has 0 aliphatic rings. The van der Waals surface area contributed by atoms with E-state index < -0.39 is 7.12 Å². The van der Waals surface area contributed by atoms with E-state index in [0.29, 0.717) is 5.46 Å². The van der Waals surface area contributed by atoms with E-state index in [1.54, 1.807) is 17.4 Å². The first-order valence-corrected chi connectivity index (χ1v) is 12.1. The maximum absolute atomic E-state index is 9.66. The molecule has 1 aromatic heterocycles. The first-order valence-electron chi connectivity index (χ1n) is 11.3. The van der Waals surface area contributed by atoms with Crippen LogP contribution in [0.15, 0.2) is 115 Å². The lowest BCUT2D eigenvalue weighted by atomic mass is 9.79. The predicted octanol–water partition coefficient (Wildman–Crippen LogP) is 6.74. The zero-order valence-electron chi connectivity index (χ0n) is 18.3. The highest BCUT2D eigenvalue weighted by Gasteiger charge is 2.17. The summed E-state index contributed by atoms with van der Waals surface area (Å²) in [5, 5.41) is 21.8. The maximum Gasteiger partial charge on any atom is 0.488 e. The largest absolute Gasteiger partial charge is 0.488 e. The Kier molecular flexibility index (Phi) is 5.27. The average Bonchev–Trinajstić information content (AvgIpc) is 3.28.